The maximum absolute atomic E-state index is 12.4. The Morgan fingerprint density at radius 2 is 1.90 bits per heavy atom. The standard InChI is InChI=1S/C16H16N2O3/c19-15(11-6-2-7-12(11)16(20)21)18-13-8-1-4-10-5-3-9-17-14(10)13/h1,3-5,8-9,11-12H,2,6-7H2,(H,18,19)(H,20,21). The number of hydrogen-bond acceptors (Lipinski definition) is 3. The van der Waals surface area contributed by atoms with Crippen LogP contribution in [0.2, 0.25) is 0 Å². The van der Waals surface area contributed by atoms with Crippen LogP contribution >= 0.6 is 0 Å². The molecule has 2 N–H and O–H groups in total. The van der Waals surface area contributed by atoms with E-state index in [1.165, 1.54) is 0 Å². The Morgan fingerprint density at radius 1 is 1.14 bits per heavy atom. The fourth-order valence-corrected chi connectivity index (χ4v) is 3.00. The lowest BCUT2D eigenvalue weighted by Gasteiger charge is -2.16. The Labute approximate surface area is 122 Å². The third kappa shape index (κ3) is 2.59. The number of aliphatic carboxylic acids is 1. The van der Waals surface area contributed by atoms with E-state index in [2.05, 4.69) is 10.3 Å². The fraction of sp³-hybridized carbons (Fsp3) is 0.312. The van der Waals surface area contributed by atoms with Crippen molar-refractivity contribution in [3.63, 3.8) is 0 Å². The number of carbonyl (C=O) groups excluding carboxylic acids is 1. The number of nitrogens with zero attached hydrogens (tertiary/aromatic N) is 1. The van der Waals surface area contributed by atoms with Gasteiger partial charge in [0.2, 0.25) is 5.91 Å². The molecule has 1 saturated carbocycles. The minimum absolute atomic E-state index is 0.224. The summed E-state index contributed by atoms with van der Waals surface area (Å²) in [6.45, 7) is 0. The Kier molecular flexibility index (Phi) is 3.56. The number of carboxylic acid groups (broad SMARTS) is 1. The molecule has 1 heterocycles. The highest BCUT2D eigenvalue weighted by Gasteiger charge is 2.37. The van der Waals surface area contributed by atoms with Gasteiger partial charge in [0, 0.05) is 11.6 Å². The smallest absolute Gasteiger partial charge is 0.307 e. The number of rotatable bonds is 3. The van der Waals surface area contributed by atoms with Crippen LogP contribution < -0.4 is 5.32 Å². The second-order valence-electron chi connectivity index (χ2n) is 5.35. The summed E-state index contributed by atoms with van der Waals surface area (Å²) >= 11 is 0. The molecule has 21 heavy (non-hydrogen) atoms. The number of anilines is 1. The minimum atomic E-state index is -0.885. The van der Waals surface area contributed by atoms with Crippen LogP contribution in [0, 0.1) is 11.8 Å². The van der Waals surface area contributed by atoms with E-state index in [9.17, 15) is 14.7 Å². The molecule has 1 aliphatic carbocycles. The van der Waals surface area contributed by atoms with Gasteiger partial charge in [-0.1, -0.05) is 24.6 Å². The Bertz CT molecular complexity index is 693. The molecule has 5 nitrogen and oxygen atoms in total. The maximum Gasteiger partial charge on any atom is 0.307 e. The van der Waals surface area contributed by atoms with Crippen molar-refractivity contribution >= 4 is 28.5 Å². The fourth-order valence-electron chi connectivity index (χ4n) is 3.00. The molecule has 0 saturated heterocycles. The summed E-state index contributed by atoms with van der Waals surface area (Å²) in [4.78, 5) is 27.8. The first-order chi connectivity index (χ1) is 10.2. The van der Waals surface area contributed by atoms with Gasteiger partial charge in [-0.25, -0.2) is 0 Å². The number of carboxylic acids is 1. The molecule has 1 aliphatic rings. The highest BCUT2D eigenvalue weighted by molar-refractivity contribution is 6.02. The van der Waals surface area contributed by atoms with Crippen molar-refractivity contribution in [3.05, 3.63) is 36.5 Å². The van der Waals surface area contributed by atoms with Crippen molar-refractivity contribution in [2.24, 2.45) is 11.8 Å². The zero-order valence-electron chi connectivity index (χ0n) is 11.5. The molecule has 2 atom stereocenters. The lowest BCUT2D eigenvalue weighted by atomic mass is 9.95. The zero-order chi connectivity index (χ0) is 14.8. The van der Waals surface area contributed by atoms with E-state index >= 15 is 0 Å². The lowest BCUT2D eigenvalue weighted by molar-refractivity contribution is -0.145. The summed E-state index contributed by atoms with van der Waals surface area (Å²) in [5.41, 5.74) is 1.35. The molecule has 0 radical (unpaired) electrons. The molecule has 0 spiro atoms. The number of amides is 1. The van der Waals surface area contributed by atoms with Gasteiger partial charge in [0.25, 0.3) is 0 Å². The maximum atomic E-state index is 12.4. The number of para-hydroxylation sites is 1. The molecule has 1 fully saturated rings. The quantitative estimate of drug-likeness (QED) is 0.908. The van der Waals surface area contributed by atoms with Gasteiger partial charge >= 0.3 is 5.97 Å². The van der Waals surface area contributed by atoms with Crippen LogP contribution in [0.3, 0.4) is 0 Å². The summed E-state index contributed by atoms with van der Waals surface area (Å²) in [6, 6.07) is 9.33. The first-order valence-electron chi connectivity index (χ1n) is 7.04. The van der Waals surface area contributed by atoms with Gasteiger partial charge < -0.3 is 10.4 Å². The third-order valence-corrected chi connectivity index (χ3v) is 4.06. The molecule has 2 unspecified atom stereocenters. The van der Waals surface area contributed by atoms with Crippen LogP contribution in [0.4, 0.5) is 5.69 Å². The van der Waals surface area contributed by atoms with Gasteiger partial charge in [0.05, 0.1) is 23.0 Å². The second kappa shape index (κ2) is 5.52. The molecule has 2 aromatic rings. The van der Waals surface area contributed by atoms with Gasteiger partial charge in [-0.2, -0.15) is 0 Å². The number of fused-ring (bicyclic) bond motifs is 1. The van der Waals surface area contributed by atoms with Gasteiger partial charge in [0.1, 0.15) is 0 Å². The first kappa shape index (κ1) is 13.5. The van der Waals surface area contributed by atoms with E-state index in [1.54, 1.807) is 12.3 Å². The molecule has 3 rings (SSSR count). The Hall–Kier alpha value is -2.43. The molecule has 0 aliphatic heterocycles. The highest BCUT2D eigenvalue weighted by atomic mass is 16.4. The van der Waals surface area contributed by atoms with Crippen LogP contribution in [0.5, 0.6) is 0 Å². The van der Waals surface area contributed by atoms with Crippen molar-refractivity contribution in [2.45, 2.75) is 19.3 Å². The van der Waals surface area contributed by atoms with E-state index in [0.29, 0.717) is 18.5 Å². The minimum Gasteiger partial charge on any atom is -0.481 e. The topological polar surface area (TPSA) is 79.3 Å². The van der Waals surface area contributed by atoms with Gasteiger partial charge in [0.15, 0.2) is 0 Å². The number of carbonyl (C=O) groups is 2. The number of benzene rings is 1. The van der Waals surface area contributed by atoms with Gasteiger partial charge in [-0.3, -0.25) is 14.6 Å². The summed E-state index contributed by atoms with van der Waals surface area (Å²) < 4.78 is 0. The van der Waals surface area contributed by atoms with Gasteiger partial charge in [-0.15, -0.1) is 0 Å². The number of aromatic nitrogens is 1. The second-order valence-corrected chi connectivity index (χ2v) is 5.35. The van der Waals surface area contributed by atoms with Crippen LogP contribution in [-0.2, 0) is 9.59 Å². The average Bonchev–Trinajstić information content (AvgIpc) is 2.97. The molecule has 1 amide bonds. The van der Waals surface area contributed by atoms with Crippen LogP contribution in [0.1, 0.15) is 19.3 Å². The SMILES string of the molecule is O=C(O)C1CCCC1C(=O)Nc1cccc2cccnc12. The summed E-state index contributed by atoms with van der Waals surface area (Å²) in [5.74, 6) is -2.14. The van der Waals surface area contributed by atoms with Crippen LogP contribution in [-0.4, -0.2) is 22.0 Å². The Balaban J connectivity index is 1.85. The van der Waals surface area contributed by atoms with E-state index in [1.807, 2.05) is 24.3 Å². The number of pyridine rings is 1. The summed E-state index contributed by atoms with van der Waals surface area (Å²) in [5, 5.41) is 13.0. The lowest BCUT2D eigenvalue weighted by Crippen LogP contribution is -2.30. The monoisotopic (exact) mass is 284 g/mol. The van der Waals surface area contributed by atoms with Crippen molar-refractivity contribution < 1.29 is 14.7 Å². The zero-order valence-corrected chi connectivity index (χ0v) is 11.5. The van der Waals surface area contributed by atoms with Crippen molar-refractivity contribution in [1.29, 1.82) is 0 Å². The van der Waals surface area contributed by atoms with E-state index < -0.39 is 17.8 Å². The first-order valence-corrected chi connectivity index (χ1v) is 7.04. The molecule has 1 aromatic heterocycles. The molecular formula is C16H16N2O3. The molecule has 0 bridgehead atoms. The highest BCUT2D eigenvalue weighted by Crippen LogP contribution is 2.33. The predicted molar refractivity (Wildman–Crippen MR) is 78.8 cm³/mol. The van der Waals surface area contributed by atoms with Crippen LogP contribution in [0.15, 0.2) is 36.5 Å². The summed E-state index contributed by atoms with van der Waals surface area (Å²) in [6.07, 6.45) is 3.65. The predicted octanol–water partition coefficient (Wildman–Crippen LogP) is 2.67. The van der Waals surface area contributed by atoms with E-state index in [-0.39, 0.29) is 5.91 Å². The number of hydrogen-bond donors (Lipinski definition) is 2. The van der Waals surface area contributed by atoms with E-state index in [4.69, 9.17) is 0 Å². The largest absolute Gasteiger partial charge is 0.481 e. The molecular weight excluding hydrogens is 268 g/mol. The van der Waals surface area contributed by atoms with Crippen molar-refractivity contribution in [3.8, 4) is 0 Å². The average molecular weight is 284 g/mol. The molecule has 1 aromatic carbocycles. The molecule has 5 heteroatoms. The van der Waals surface area contributed by atoms with Gasteiger partial charge in [-0.05, 0) is 25.0 Å². The number of nitrogens with one attached hydrogen (secondary N) is 1. The van der Waals surface area contributed by atoms with Crippen molar-refractivity contribution in [1.82, 2.24) is 4.98 Å². The van der Waals surface area contributed by atoms with Crippen molar-refractivity contribution in [2.75, 3.05) is 5.32 Å². The third-order valence-electron chi connectivity index (χ3n) is 4.06. The molecule has 108 valence electrons. The normalized spacial score (nSPS) is 21.3. The van der Waals surface area contributed by atoms with E-state index in [0.717, 1.165) is 17.3 Å². The Morgan fingerprint density at radius 3 is 2.71 bits per heavy atom. The van der Waals surface area contributed by atoms with Crippen LogP contribution in [0.25, 0.3) is 10.9 Å². The summed E-state index contributed by atoms with van der Waals surface area (Å²) in [7, 11) is 0.